The zero-order chi connectivity index (χ0) is 52.7. The lowest BCUT2D eigenvalue weighted by Gasteiger charge is -2.27. The molecule has 0 spiro atoms. The molecule has 0 saturated heterocycles. The van der Waals surface area contributed by atoms with E-state index in [0.29, 0.717) is 132 Å². The number of aliphatic hydroxyl groups excluding tert-OH is 2. The number of para-hydroxylation sites is 1. The van der Waals surface area contributed by atoms with Crippen LogP contribution < -0.4 is 4.90 Å². The van der Waals surface area contributed by atoms with Crippen LogP contribution in [0.1, 0.15) is 75.7 Å². The highest BCUT2D eigenvalue weighted by Crippen LogP contribution is 2.15. The van der Waals surface area contributed by atoms with E-state index in [-0.39, 0.29) is 74.3 Å². The van der Waals surface area contributed by atoms with Gasteiger partial charge in [0.05, 0.1) is 206 Å². The molecule has 0 fully saturated rings. The van der Waals surface area contributed by atoms with Gasteiger partial charge in [0.1, 0.15) is 6.79 Å². The normalized spacial score (nSPS) is 16.0. The Kier molecular flexibility index (Phi) is 47.5. The van der Waals surface area contributed by atoms with E-state index in [4.69, 9.17) is 86.1 Å². The quantitative estimate of drug-likeness (QED) is 0.0842. The van der Waals surface area contributed by atoms with Gasteiger partial charge in [-0.25, -0.2) is 0 Å². The Hall–Kier alpha value is -1.99. The van der Waals surface area contributed by atoms with Crippen molar-refractivity contribution >= 4 is 12.5 Å². The van der Waals surface area contributed by atoms with Crippen LogP contribution in [0.4, 0.5) is 5.69 Å². The first-order valence-corrected chi connectivity index (χ1v) is 25.7. The molecule has 1 rings (SSSR count). The van der Waals surface area contributed by atoms with Crippen LogP contribution in [0.5, 0.6) is 0 Å². The third-order valence-electron chi connectivity index (χ3n) is 10.2. The van der Waals surface area contributed by atoms with Crippen molar-refractivity contribution in [2.24, 2.45) is 0 Å². The molecule has 0 bridgehead atoms. The molecule has 71 heavy (non-hydrogen) atoms. The summed E-state index contributed by atoms with van der Waals surface area (Å²) in [6, 6.07) is 10.4. The molecule has 0 saturated carbocycles. The van der Waals surface area contributed by atoms with E-state index in [1.54, 1.807) is 0 Å². The minimum Gasteiger partial charge on any atom is -0.394 e. The van der Waals surface area contributed by atoms with Gasteiger partial charge in [-0.15, -0.1) is 0 Å². The van der Waals surface area contributed by atoms with Crippen molar-refractivity contribution in [2.75, 3.05) is 163 Å². The maximum atomic E-state index is 8.71. The number of carbonyl (C=O) groups excluding carboxylic acids is 1. The lowest BCUT2D eigenvalue weighted by molar-refractivity contribution is -0.101. The molecule has 0 aliphatic heterocycles. The van der Waals surface area contributed by atoms with E-state index < -0.39 is 0 Å². The molecule has 1 aromatic carbocycles. The van der Waals surface area contributed by atoms with Crippen LogP contribution in [0, 0.1) is 0 Å². The number of nitrogens with zero attached hydrogens (tertiary/aromatic N) is 1. The lowest BCUT2D eigenvalue weighted by Crippen LogP contribution is -2.32. The average molecular weight is 1030 g/mol. The highest BCUT2D eigenvalue weighted by Gasteiger charge is 2.16. The van der Waals surface area contributed by atoms with E-state index in [0.717, 1.165) is 25.2 Å². The molecule has 0 heterocycles. The van der Waals surface area contributed by atoms with Crippen LogP contribution in [0.2, 0.25) is 0 Å². The average Bonchev–Trinajstić information content (AvgIpc) is 3.37. The van der Waals surface area contributed by atoms with E-state index >= 15 is 0 Å². The molecular weight excluding hydrogens is 927 g/mol. The second-order valence-corrected chi connectivity index (χ2v) is 17.6. The Morgan fingerprint density at radius 1 is 0.352 bits per heavy atom. The molecule has 10 unspecified atom stereocenters. The summed E-state index contributed by atoms with van der Waals surface area (Å²) in [7, 11) is 0. The SMILES string of the molecule is C=O.CC(CCN(CCOCC(C)OCC(C)OCC(C)OCC(C)OCC(C)OCCOCCOCCO)c1ccccc1)OCC(C)OCC(C)OCC(C)OCC(C)OCCOCCOCCO. The van der Waals surface area contributed by atoms with E-state index in [1.165, 1.54) is 0 Å². The number of anilines is 1. The highest BCUT2D eigenvalue weighted by atomic mass is 16.6. The first-order chi connectivity index (χ1) is 34.3. The fraction of sp³-hybridized carbons (Fsp3) is 0.865. The largest absolute Gasteiger partial charge is 0.394 e. The number of ether oxygens (including phenoxy) is 15. The van der Waals surface area contributed by atoms with Gasteiger partial charge in [-0.3, -0.25) is 0 Å². The van der Waals surface area contributed by atoms with Gasteiger partial charge < -0.3 is 91.0 Å². The number of hydrogen-bond donors (Lipinski definition) is 2. The fourth-order valence-electron chi connectivity index (χ4n) is 6.07. The molecule has 2 N–H and O–H groups in total. The van der Waals surface area contributed by atoms with Crippen LogP contribution in [0.3, 0.4) is 0 Å². The predicted octanol–water partition coefficient (Wildman–Crippen LogP) is 4.82. The van der Waals surface area contributed by atoms with Crippen LogP contribution in [0.25, 0.3) is 0 Å². The first-order valence-electron chi connectivity index (χ1n) is 25.7. The Bertz CT molecular complexity index is 1250. The Balaban J connectivity index is 0.0000242. The summed E-state index contributed by atoms with van der Waals surface area (Å²) in [5, 5.41) is 17.4. The van der Waals surface area contributed by atoms with Gasteiger partial charge in [0, 0.05) is 18.8 Å². The second kappa shape index (κ2) is 48.9. The molecule has 19 nitrogen and oxygen atoms in total. The minimum atomic E-state index is -0.0952. The molecule has 19 heteroatoms. The van der Waals surface area contributed by atoms with E-state index in [1.807, 2.05) is 75.2 Å². The summed E-state index contributed by atoms with van der Waals surface area (Å²) in [4.78, 5) is 10.3. The van der Waals surface area contributed by atoms with Crippen LogP contribution in [-0.2, 0) is 75.8 Å². The summed E-state index contributed by atoms with van der Waals surface area (Å²) in [5.74, 6) is 0. The van der Waals surface area contributed by atoms with Gasteiger partial charge >= 0.3 is 0 Å². The standard InChI is InChI=1S/C51H97NO17.CH2O/c1-41(62-35-45(5)66-39-49(9)68-37-47(7)64-33-43(3)60-30-28-57-26-24-55-22-19-53)16-17-52(51-14-12-11-13-15-51)18-21-59-32-42(2)63-36-46(6)67-40-50(10)69-38-48(8)65-34-44(4)61-31-29-58-27-25-56-23-20-54;1-2/h11-15,41-50,53-54H,16-40H2,1-10H3;1H2. The van der Waals surface area contributed by atoms with Gasteiger partial charge in [-0.1, -0.05) is 18.2 Å². The summed E-state index contributed by atoms with van der Waals surface area (Å²) in [6.07, 6.45) is 0.161. The molecule has 0 aliphatic rings. The Labute approximate surface area is 427 Å². The summed E-state index contributed by atoms with van der Waals surface area (Å²) < 4.78 is 86.8. The van der Waals surface area contributed by atoms with E-state index in [2.05, 4.69) is 36.1 Å². The molecule has 0 amide bonds. The second-order valence-electron chi connectivity index (χ2n) is 17.6. The Morgan fingerprint density at radius 2 is 0.648 bits per heavy atom. The molecule has 0 aromatic heterocycles. The van der Waals surface area contributed by atoms with Crippen molar-refractivity contribution in [1.82, 2.24) is 0 Å². The van der Waals surface area contributed by atoms with Crippen molar-refractivity contribution in [3.8, 4) is 0 Å². The van der Waals surface area contributed by atoms with Crippen molar-refractivity contribution in [1.29, 1.82) is 0 Å². The van der Waals surface area contributed by atoms with Crippen molar-refractivity contribution in [3.63, 3.8) is 0 Å². The van der Waals surface area contributed by atoms with E-state index in [9.17, 15) is 0 Å². The molecule has 420 valence electrons. The molecule has 0 aliphatic carbocycles. The topological polar surface area (TPSA) is 199 Å². The minimum absolute atomic E-state index is 0.0131. The fourth-order valence-corrected chi connectivity index (χ4v) is 6.07. The zero-order valence-electron chi connectivity index (χ0n) is 45.4. The first kappa shape index (κ1) is 69.0. The molecule has 10 atom stereocenters. The number of rotatable bonds is 51. The van der Waals surface area contributed by atoms with Crippen molar-refractivity contribution in [3.05, 3.63) is 30.3 Å². The third kappa shape index (κ3) is 44.1. The van der Waals surface area contributed by atoms with Gasteiger partial charge in [0.25, 0.3) is 0 Å². The summed E-state index contributed by atoms with van der Waals surface area (Å²) in [6.45, 7) is 32.7. The number of benzene rings is 1. The molecule has 0 radical (unpaired) electrons. The van der Waals surface area contributed by atoms with Gasteiger partial charge in [-0.2, -0.15) is 0 Å². The predicted molar refractivity (Wildman–Crippen MR) is 273 cm³/mol. The van der Waals surface area contributed by atoms with Crippen LogP contribution in [-0.4, -0.2) is 236 Å². The maximum absolute atomic E-state index is 8.71. The monoisotopic (exact) mass is 1030 g/mol. The molecular formula is C52H99NO18. The third-order valence-corrected chi connectivity index (χ3v) is 10.2. The number of carbonyl (C=O) groups is 1. The highest BCUT2D eigenvalue weighted by molar-refractivity contribution is 5.45. The van der Waals surface area contributed by atoms with Crippen LogP contribution in [0.15, 0.2) is 30.3 Å². The van der Waals surface area contributed by atoms with Gasteiger partial charge in [-0.05, 0) is 87.8 Å². The lowest BCUT2D eigenvalue weighted by atomic mass is 10.2. The van der Waals surface area contributed by atoms with Gasteiger partial charge in [0.2, 0.25) is 0 Å². The van der Waals surface area contributed by atoms with Crippen molar-refractivity contribution < 1.29 is 86.1 Å². The number of hydrogen-bond acceptors (Lipinski definition) is 19. The van der Waals surface area contributed by atoms with Gasteiger partial charge in [0.15, 0.2) is 0 Å². The number of aliphatic hydroxyl groups is 2. The smallest absolute Gasteiger partial charge is 0.106 e. The molecule has 1 aromatic rings. The Morgan fingerprint density at radius 3 is 1.00 bits per heavy atom. The van der Waals surface area contributed by atoms with Crippen LogP contribution >= 0.6 is 0 Å². The zero-order valence-corrected chi connectivity index (χ0v) is 45.4. The van der Waals surface area contributed by atoms with Crippen molar-refractivity contribution in [2.45, 2.75) is 137 Å². The summed E-state index contributed by atoms with van der Waals surface area (Å²) in [5.41, 5.74) is 1.15. The summed E-state index contributed by atoms with van der Waals surface area (Å²) >= 11 is 0. The maximum Gasteiger partial charge on any atom is 0.106 e.